The van der Waals surface area contributed by atoms with Gasteiger partial charge in [0, 0.05) is 16.8 Å². The second-order valence-electron chi connectivity index (χ2n) is 10.5. The molecule has 1 atom stereocenters. The molecule has 0 saturated carbocycles. The fraction of sp³-hybridized carbons (Fsp3) is 0.452. The molecule has 0 unspecified atom stereocenters. The molecule has 3 aromatic rings. The first-order valence-corrected chi connectivity index (χ1v) is 13.3. The van der Waals surface area contributed by atoms with E-state index >= 15 is 0 Å². The van der Waals surface area contributed by atoms with Crippen molar-refractivity contribution in [3.05, 3.63) is 70.4 Å². The van der Waals surface area contributed by atoms with Crippen molar-refractivity contribution in [2.45, 2.75) is 73.1 Å². The first-order chi connectivity index (χ1) is 17.3. The minimum Gasteiger partial charge on any atom is -0.452 e. The molecule has 1 aliphatic carbocycles. The third-order valence-corrected chi connectivity index (χ3v) is 8.08. The second kappa shape index (κ2) is 10.8. The standard InChI is InChI=1S/C31H38N2O3/c1-6-20-12-11-13-21(7-2)29(20)33-27(34)19-36-30(35)28-23-14-9-10-15-25(23)32-26-17-16-22(18-24(26)28)31(4,5)8-3/h9-15,22H,6-8,16-19H2,1-5H3,(H,33,34)/t22-/m1/s1. The quantitative estimate of drug-likeness (QED) is 0.360. The number of hydrogen-bond acceptors (Lipinski definition) is 4. The lowest BCUT2D eigenvalue weighted by Gasteiger charge is -2.37. The first kappa shape index (κ1) is 25.9. The Morgan fingerprint density at radius 1 is 1.03 bits per heavy atom. The van der Waals surface area contributed by atoms with Crippen LogP contribution in [0.15, 0.2) is 42.5 Å². The maximum absolute atomic E-state index is 13.5. The molecule has 190 valence electrons. The van der Waals surface area contributed by atoms with Crippen LogP contribution in [0, 0.1) is 11.3 Å². The van der Waals surface area contributed by atoms with E-state index in [9.17, 15) is 9.59 Å². The number of aromatic nitrogens is 1. The van der Waals surface area contributed by atoms with Crippen LogP contribution in [0.25, 0.3) is 10.9 Å². The monoisotopic (exact) mass is 486 g/mol. The van der Waals surface area contributed by atoms with Gasteiger partial charge in [-0.15, -0.1) is 0 Å². The molecule has 1 heterocycles. The molecular formula is C31H38N2O3. The predicted molar refractivity (Wildman–Crippen MR) is 145 cm³/mol. The van der Waals surface area contributed by atoms with Gasteiger partial charge in [0.05, 0.1) is 11.1 Å². The summed E-state index contributed by atoms with van der Waals surface area (Å²) in [5, 5.41) is 3.79. The smallest absolute Gasteiger partial charge is 0.339 e. The molecule has 2 aromatic carbocycles. The van der Waals surface area contributed by atoms with Gasteiger partial charge >= 0.3 is 5.97 Å². The highest BCUT2D eigenvalue weighted by atomic mass is 16.5. The van der Waals surface area contributed by atoms with E-state index in [2.05, 4.69) is 39.9 Å². The lowest BCUT2D eigenvalue weighted by molar-refractivity contribution is -0.119. The van der Waals surface area contributed by atoms with Gasteiger partial charge in [0.2, 0.25) is 0 Å². The summed E-state index contributed by atoms with van der Waals surface area (Å²) in [7, 11) is 0. The number of hydrogen-bond donors (Lipinski definition) is 1. The molecule has 1 N–H and O–H groups in total. The maximum Gasteiger partial charge on any atom is 0.339 e. The molecule has 5 heteroatoms. The number of ether oxygens (including phenoxy) is 1. The fourth-order valence-electron chi connectivity index (χ4n) is 5.36. The van der Waals surface area contributed by atoms with Crippen molar-refractivity contribution in [3.8, 4) is 0 Å². The van der Waals surface area contributed by atoms with Crippen LogP contribution in [0.3, 0.4) is 0 Å². The van der Waals surface area contributed by atoms with E-state index in [1.54, 1.807) is 0 Å². The van der Waals surface area contributed by atoms with Gasteiger partial charge in [-0.25, -0.2) is 4.79 Å². The van der Waals surface area contributed by atoms with E-state index in [0.717, 1.165) is 77.5 Å². The van der Waals surface area contributed by atoms with Crippen LogP contribution in [-0.2, 0) is 35.2 Å². The van der Waals surface area contributed by atoms with Crippen LogP contribution in [0.1, 0.15) is 80.2 Å². The minimum absolute atomic E-state index is 0.175. The van der Waals surface area contributed by atoms with Crippen LogP contribution in [-0.4, -0.2) is 23.5 Å². The zero-order chi connectivity index (χ0) is 25.9. The van der Waals surface area contributed by atoms with Gasteiger partial charge in [-0.05, 0) is 66.2 Å². The summed E-state index contributed by atoms with van der Waals surface area (Å²) >= 11 is 0. The Morgan fingerprint density at radius 3 is 2.39 bits per heavy atom. The van der Waals surface area contributed by atoms with E-state index in [4.69, 9.17) is 9.72 Å². The number of para-hydroxylation sites is 2. The SMILES string of the molecule is CCc1cccc(CC)c1NC(=O)COC(=O)c1c2c(nc3ccccc13)CC[C@@H](C(C)(C)CC)C2. The van der Waals surface area contributed by atoms with E-state index in [1.165, 1.54) is 0 Å². The lowest BCUT2D eigenvalue weighted by atomic mass is 9.68. The Labute approximate surface area is 214 Å². The highest BCUT2D eigenvalue weighted by Gasteiger charge is 2.34. The zero-order valence-electron chi connectivity index (χ0n) is 22.2. The number of aryl methyl sites for hydroxylation is 3. The minimum atomic E-state index is -0.450. The number of pyridine rings is 1. The molecule has 1 amide bonds. The number of carbonyl (C=O) groups excluding carboxylic acids is 2. The van der Waals surface area contributed by atoms with Gasteiger partial charge in [0.25, 0.3) is 5.91 Å². The van der Waals surface area contributed by atoms with Crippen molar-refractivity contribution in [2.75, 3.05) is 11.9 Å². The van der Waals surface area contributed by atoms with Crippen LogP contribution < -0.4 is 5.32 Å². The number of amides is 1. The number of fused-ring (bicyclic) bond motifs is 2. The third kappa shape index (κ3) is 5.16. The molecule has 4 rings (SSSR count). The number of rotatable bonds is 8. The van der Waals surface area contributed by atoms with Crippen LogP contribution in [0.2, 0.25) is 0 Å². The largest absolute Gasteiger partial charge is 0.452 e. The van der Waals surface area contributed by atoms with Gasteiger partial charge in [0.15, 0.2) is 6.61 Å². The lowest BCUT2D eigenvalue weighted by Crippen LogP contribution is -2.31. The molecule has 0 aliphatic heterocycles. The Morgan fingerprint density at radius 2 is 1.72 bits per heavy atom. The second-order valence-corrected chi connectivity index (χ2v) is 10.5. The normalized spacial score (nSPS) is 15.4. The molecule has 1 aromatic heterocycles. The van der Waals surface area contributed by atoms with E-state index in [1.807, 2.05) is 42.5 Å². The molecule has 0 radical (unpaired) electrons. The summed E-state index contributed by atoms with van der Waals surface area (Å²) in [4.78, 5) is 31.3. The first-order valence-electron chi connectivity index (χ1n) is 13.3. The summed E-state index contributed by atoms with van der Waals surface area (Å²) in [6, 6.07) is 13.8. The fourth-order valence-corrected chi connectivity index (χ4v) is 5.36. The van der Waals surface area contributed by atoms with Crippen molar-refractivity contribution in [1.82, 2.24) is 4.98 Å². The van der Waals surface area contributed by atoms with Gasteiger partial charge in [0.1, 0.15) is 0 Å². The molecule has 0 fully saturated rings. The molecule has 1 aliphatic rings. The summed E-state index contributed by atoms with van der Waals surface area (Å²) in [5.74, 6) is -0.309. The summed E-state index contributed by atoms with van der Waals surface area (Å²) in [5.41, 5.74) is 6.50. The Hall–Kier alpha value is -3.21. The van der Waals surface area contributed by atoms with E-state index < -0.39 is 5.97 Å². The zero-order valence-corrected chi connectivity index (χ0v) is 22.2. The van der Waals surface area contributed by atoms with Crippen molar-refractivity contribution in [2.24, 2.45) is 11.3 Å². The van der Waals surface area contributed by atoms with Gasteiger partial charge < -0.3 is 10.1 Å². The molecule has 5 nitrogen and oxygen atoms in total. The van der Waals surface area contributed by atoms with Crippen molar-refractivity contribution in [3.63, 3.8) is 0 Å². The summed E-state index contributed by atoms with van der Waals surface area (Å²) < 4.78 is 5.65. The molecule has 36 heavy (non-hydrogen) atoms. The third-order valence-electron chi connectivity index (χ3n) is 8.08. The summed E-state index contributed by atoms with van der Waals surface area (Å²) in [6.45, 7) is 10.6. The number of benzene rings is 2. The van der Waals surface area contributed by atoms with Crippen LogP contribution >= 0.6 is 0 Å². The average molecular weight is 487 g/mol. The van der Waals surface area contributed by atoms with Gasteiger partial charge in [-0.2, -0.15) is 0 Å². The molecule has 0 bridgehead atoms. The number of nitrogens with one attached hydrogen (secondary N) is 1. The number of esters is 1. The average Bonchev–Trinajstić information content (AvgIpc) is 2.90. The Balaban J connectivity index is 1.60. The molecular weight excluding hydrogens is 448 g/mol. The predicted octanol–water partition coefficient (Wildman–Crippen LogP) is 6.70. The Bertz CT molecular complexity index is 1260. The van der Waals surface area contributed by atoms with Crippen molar-refractivity contribution >= 4 is 28.5 Å². The number of anilines is 1. The highest BCUT2D eigenvalue weighted by Crippen LogP contribution is 2.41. The van der Waals surface area contributed by atoms with Crippen molar-refractivity contribution in [1.29, 1.82) is 0 Å². The summed E-state index contributed by atoms with van der Waals surface area (Å²) in [6.07, 6.45) is 5.41. The molecule has 0 saturated heterocycles. The van der Waals surface area contributed by atoms with Gasteiger partial charge in [-0.3, -0.25) is 9.78 Å². The molecule has 0 spiro atoms. The van der Waals surface area contributed by atoms with Crippen LogP contribution in [0.5, 0.6) is 0 Å². The van der Waals surface area contributed by atoms with E-state index in [-0.39, 0.29) is 17.9 Å². The van der Waals surface area contributed by atoms with Crippen LogP contribution in [0.4, 0.5) is 5.69 Å². The number of nitrogens with zero attached hydrogens (tertiary/aromatic N) is 1. The maximum atomic E-state index is 13.5. The van der Waals surface area contributed by atoms with Gasteiger partial charge in [-0.1, -0.05) is 77.4 Å². The highest BCUT2D eigenvalue weighted by molar-refractivity contribution is 6.06. The van der Waals surface area contributed by atoms with E-state index in [0.29, 0.717) is 11.5 Å². The van der Waals surface area contributed by atoms with Crippen molar-refractivity contribution < 1.29 is 14.3 Å². The number of carbonyl (C=O) groups is 2. The Kier molecular flexibility index (Phi) is 7.77. The topological polar surface area (TPSA) is 68.3 Å².